The molecule has 2 N–H and O–H groups in total. The van der Waals surface area contributed by atoms with Gasteiger partial charge in [-0.1, -0.05) is 13.8 Å². The van der Waals surface area contributed by atoms with Crippen LogP contribution in [0, 0.1) is 11.8 Å². The number of methoxy groups -OCH3 is 1. The molecule has 178 valence electrons. The molecule has 1 aromatic heterocycles. The van der Waals surface area contributed by atoms with Crippen molar-refractivity contribution in [3.05, 3.63) is 17.8 Å². The number of aromatic nitrogens is 1. The van der Waals surface area contributed by atoms with Crippen molar-refractivity contribution < 1.29 is 19.1 Å². The second-order valence-electron chi connectivity index (χ2n) is 9.24. The summed E-state index contributed by atoms with van der Waals surface area (Å²) in [5.41, 5.74) is 1.02. The highest BCUT2D eigenvalue weighted by Crippen LogP contribution is 2.36. The number of carbonyl (C=O) groups is 2. The van der Waals surface area contributed by atoms with Crippen molar-refractivity contribution in [3.8, 4) is 5.75 Å². The number of nitrogens with zero attached hydrogens (tertiary/aromatic N) is 2. The minimum Gasteiger partial charge on any atom is -0.496 e. The van der Waals surface area contributed by atoms with E-state index in [2.05, 4.69) is 29.5 Å². The van der Waals surface area contributed by atoms with Gasteiger partial charge in [0.2, 0.25) is 11.8 Å². The summed E-state index contributed by atoms with van der Waals surface area (Å²) in [4.78, 5) is 32.8. The van der Waals surface area contributed by atoms with E-state index in [1.165, 1.54) is 0 Å². The Kier molecular flexibility index (Phi) is 8.48. The molecule has 2 amide bonds. The van der Waals surface area contributed by atoms with Crippen LogP contribution in [-0.2, 0) is 14.3 Å². The molecule has 8 nitrogen and oxygen atoms in total. The first-order chi connectivity index (χ1) is 15.3. The summed E-state index contributed by atoms with van der Waals surface area (Å²) in [6.07, 6.45) is 4.29. The van der Waals surface area contributed by atoms with Crippen LogP contribution in [0.4, 0.5) is 5.82 Å². The van der Waals surface area contributed by atoms with Crippen LogP contribution in [0.5, 0.6) is 5.75 Å². The van der Waals surface area contributed by atoms with Crippen molar-refractivity contribution in [1.29, 1.82) is 0 Å². The van der Waals surface area contributed by atoms with E-state index in [1.807, 2.05) is 31.0 Å². The van der Waals surface area contributed by atoms with Gasteiger partial charge >= 0.3 is 0 Å². The van der Waals surface area contributed by atoms with Gasteiger partial charge in [0.05, 0.1) is 25.6 Å². The van der Waals surface area contributed by atoms with E-state index in [4.69, 9.17) is 9.47 Å². The third kappa shape index (κ3) is 5.98. The summed E-state index contributed by atoms with van der Waals surface area (Å²) in [5.74, 6) is 1.17. The van der Waals surface area contributed by atoms with Crippen molar-refractivity contribution in [2.45, 2.75) is 65.0 Å². The molecule has 1 saturated heterocycles. The van der Waals surface area contributed by atoms with Crippen LogP contribution < -0.4 is 20.3 Å². The van der Waals surface area contributed by atoms with E-state index in [0.717, 1.165) is 24.2 Å². The van der Waals surface area contributed by atoms with Gasteiger partial charge in [0.1, 0.15) is 11.6 Å². The SMILES string of the molecule is CCOC[C@H](C)NC(=O)[C@@H]1CNC[C@H](C(=O)N(c2cc(OC)c(C(C)C)cn2)C2CC2)C1. The molecule has 0 radical (unpaired) electrons. The smallest absolute Gasteiger partial charge is 0.232 e. The van der Waals surface area contributed by atoms with Gasteiger partial charge in [-0.05, 0) is 39.0 Å². The van der Waals surface area contributed by atoms with Crippen LogP contribution in [0.15, 0.2) is 12.3 Å². The summed E-state index contributed by atoms with van der Waals surface area (Å²) in [7, 11) is 1.65. The number of nitrogens with one attached hydrogen (secondary N) is 2. The van der Waals surface area contributed by atoms with Gasteiger partial charge in [-0.2, -0.15) is 0 Å². The second kappa shape index (κ2) is 11.1. The average molecular weight is 447 g/mol. The first kappa shape index (κ1) is 24.5. The molecule has 1 aromatic rings. The van der Waals surface area contributed by atoms with Gasteiger partial charge in [0, 0.05) is 49.6 Å². The predicted octanol–water partition coefficient (Wildman–Crippen LogP) is 2.48. The topological polar surface area (TPSA) is 92.8 Å². The number of rotatable bonds is 10. The van der Waals surface area contributed by atoms with Crippen LogP contribution in [0.3, 0.4) is 0 Å². The van der Waals surface area contributed by atoms with Crippen LogP contribution >= 0.6 is 0 Å². The zero-order valence-corrected chi connectivity index (χ0v) is 20.0. The molecule has 1 aliphatic heterocycles. The Labute approximate surface area is 191 Å². The van der Waals surface area contributed by atoms with Crippen molar-refractivity contribution in [2.75, 3.05) is 38.3 Å². The Morgan fingerprint density at radius 3 is 2.59 bits per heavy atom. The van der Waals surface area contributed by atoms with Gasteiger partial charge in [0.25, 0.3) is 0 Å². The Bertz CT molecular complexity index is 796. The Morgan fingerprint density at radius 1 is 1.25 bits per heavy atom. The molecule has 2 heterocycles. The van der Waals surface area contributed by atoms with Crippen molar-refractivity contribution in [2.24, 2.45) is 11.8 Å². The molecule has 2 fully saturated rings. The summed E-state index contributed by atoms with van der Waals surface area (Å²) in [6, 6.07) is 1.99. The van der Waals surface area contributed by atoms with Crippen molar-refractivity contribution in [3.63, 3.8) is 0 Å². The summed E-state index contributed by atoms with van der Waals surface area (Å²) in [6.45, 7) is 10.3. The maximum atomic E-state index is 13.6. The minimum absolute atomic E-state index is 0.0266. The fourth-order valence-corrected chi connectivity index (χ4v) is 4.22. The van der Waals surface area contributed by atoms with Crippen molar-refractivity contribution >= 4 is 17.6 Å². The fourth-order valence-electron chi connectivity index (χ4n) is 4.22. The lowest BCUT2D eigenvalue weighted by atomic mass is 9.88. The molecular formula is C24H38N4O4. The molecule has 8 heteroatoms. The maximum Gasteiger partial charge on any atom is 0.232 e. The summed E-state index contributed by atoms with van der Waals surface area (Å²) < 4.78 is 11.0. The number of carbonyl (C=O) groups excluding carboxylic acids is 2. The number of piperidine rings is 1. The fraction of sp³-hybridized carbons (Fsp3) is 0.708. The Hall–Kier alpha value is -2.19. The van der Waals surface area contributed by atoms with Crippen LogP contribution in [0.2, 0.25) is 0 Å². The van der Waals surface area contributed by atoms with Crippen LogP contribution in [-0.4, -0.2) is 62.3 Å². The van der Waals surface area contributed by atoms with E-state index in [1.54, 1.807) is 7.11 Å². The van der Waals surface area contributed by atoms with Gasteiger partial charge in [0.15, 0.2) is 0 Å². The van der Waals surface area contributed by atoms with Crippen LogP contribution in [0.25, 0.3) is 0 Å². The van der Waals surface area contributed by atoms with Crippen molar-refractivity contribution in [1.82, 2.24) is 15.6 Å². The monoisotopic (exact) mass is 446 g/mol. The third-order valence-corrected chi connectivity index (χ3v) is 6.15. The predicted molar refractivity (Wildman–Crippen MR) is 124 cm³/mol. The van der Waals surface area contributed by atoms with Gasteiger partial charge in [-0.3, -0.25) is 14.5 Å². The highest BCUT2D eigenvalue weighted by molar-refractivity contribution is 5.96. The van der Waals surface area contributed by atoms with E-state index in [0.29, 0.717) is 38.5 Å². The van der Waals surface area contributed by atoms with E-state index in [-0.39, 0.29) is 41.7 Å². The first-order valence-electron chi connectivity index (χ1n) is 11.8. The highest BCUT2D eigenvalue weighted by atomic mass is 16.5. The number of ether oxygens (including phenoxy) is 2. The minimum atomic E-state index is -0.264. The van der Waals surface area contributed by atoms with Crippen LogP contribution in [0.1, 0.15) is 58.4 Å². The molecule has 3 atom stereocenters. The summed E-state index contributed by atoms with van der Waals surface area (Å²) >= 11 is 0. The quantitative estimate of drug-likeness (QED) is 0.574. The van der Waals surface area contributed by atoms with E-state index < -0.39 is 0 Å². The number of amides is 2. The molecule has 0 aromatic carbocycles. The molecular weight excluding hydrogens is 408 g/mol. The van der Waals surface area contributed by atoms with Gasteiger partial charge in [-0.15, -0.1) is 0 Å². The van der Waals surface area contributed by atoms with E-state index in [9.17, 15) is 9.59 Å². The third-order valence-electron chi connectivity index (χ3n) is 6.15. The normalized spacial score (nSPS) is 21.8. The molecule has 0 bridgehead atoms. The number of anilines is 1. The Balaban J connectivity index is 1.71. The second-order valence-corrected chi connectivity index (χ2v) is 9.24. The molecule has 0 spiro atoms. The van der Waals surface area contributed by atoms with Gasteiger partial charge < -0.3 is 20.1 Å². The zero-order chi connectivity index (χ0) is 23.3. The molecule has 32 heavy (non-hydrogen) atoms. The molecule has 0 unspecified atom stereocenters. The highest BCUT2D eigenvalue weighted by Gasteiger charge is 2.40. The van der Waals surface area contributed by atoms with E-state index >= 15 is 0 Å². The Morgan fingerprint density at radius 2 is 1.97 bits per heavy atom. The lowest BCUT2D eigenvalue weighted by molar-refractivity contribution is -0.129. The molecule has 1 saturated carbocycles. The molecule has 3 rings (SSSR count). The largest absolute Gasteiger partial charge is 0.496 e. The first-order valence-corrected chi connectivity index (χ1v) is 11.8. The molecule has 2 aliphatic rings. The molecule has 1 aliphatic carbocycles. The number of hydrogen-bond acceptors (Lipinski definition) is 6. The lowest BCUT2D eigenvalue weighted by Gasteiger charge is -2.33. The maximum absolute atomic E-state index is 13.6. The standard InChI is InChI=1S/C24H38N4O4/c1-6-32-14-16(4)27-23(29)17-9-18(12-25-11-17)24(30)28(19-7-8-19)22-10-21(31-5)20(13-26-22)15(2)3/h10,13,15-19,25H,6-9,11-12,14H2,1-5H3,(H,27,29)/t16-,17-,18+/m0/s1. The lowest BCUT2D eigenvalue weighted by Crippen LogP contribution is -2.51. The van der Waals surface area contributed by atoms with Gasteiger partial charge in [-0.25, -0.2) is 4.98 Å². The summed E-state index contributed by atoms with van der Waals surface area (Å²) in [5, 5.41) is 6.30. The zero-order valence-electron chi connectivity index (χ0n) is 20.0. The number of pyridine rings is 1. The average Bonchev–Trinajstić information content (AvgIpc) is 3.62. The number of hydrogen-bond donors (Lipinski definition) is 2.